The van der Waals surface area contributed by atoms with Crippen LogP contribution >= 0.6 is 0 Å². The molecule has 43 heteroatoms. The number of rotatable bonds is 53. The van der Waals surface area contributed by atoms with E-state index in [0.29, 0.717) is 37.7 Å². The monoisotopic (exact) mass is 1860 g/mol. The highest BCUT2D eigenvalue weighted by atomic mass is 16.6. The molecular weight excluding hydrogens is 1730 g/mol. The van der Waals surface area contributed by atoms with E-state index < -0.39 is 271 Å². The van der Waals surface area contributed by atoms with E-state index in [1.165, 1.54) is 17.1 Å². The van der Waals surface area contributed by atoms with Crippen molar-refractivity contribution in [3.05, 3.63) is 61.2 Å². The summed E-state index contributed by atoms with van der Waals surface area (Å²) in [5.41, 5.74) is -0.218. The Balaban J connectivity index is 0.000000700. The van der Waals surface area contributed by atoms with Crippen molar-refractivity contribution in [2.75, 3.05) is 32.8 Å². The number of hydrogen-bond donors (Lipinski definition) is 16. The van der Waals surface area contributed by atoms with Gasteiger partial charge in [-0.1, -0.05) is 137 Å². The van der Waals surface area contributed by atoms with E-state index in [0.717, 1.165) is 38.0 Å². The second-order valence-corrected chi connectivity index (χ2v) is 34.5. The Hall–Kier alpha value is -12.8. The molecule has 1 aliphatic carbocycles. The number of Topliss-reactive ketones (excluding diaryl/α,β-unsaturated/α-hetero) is 2. The third-order valence-electron chi connectivity index (χ3n) is 21.4. The number of carbonyl (C=O) groups excluding carboxylic acids is 19. The summed E-state index contributed by atoms with van der Waals surface area (Å²) in [5, 5.41) is 60.4. The van der Waals surface area contributed by atoms with Crippen LogP contribution < -0.4 is 69.1 Å². The number of amides is 15. The van der Waals surface area contributed by atoms with Gasteiger partial charge in [0.25, 0.3) is 11.8 Å². The van der Waals surface area contributed by atoms with E-state index in [1.807, 2.05) is 0 Å². The van der Waals surface area contributed by atoms with Gasteiger partial charge in [0.2, 0.25) is 82.5 Å². The summed E-state index contributed by atoms with van der Waals surface area (Å²) in [4.78, 5) is 289. The number of ketones is 2. The average molecular weight is 1860 g/mol. The van der Waals surface area contributed by atoms with Crippen molar-refractivity contribution < 1.29 is 135 Å². The van der Waals surface area contributed by atoms with Crippen LogP contribution in [0.5, 0.6) is 0 Å². The molecule has 1 saturated carbocycles. The van der Waals surface area contributed by atoms with Crippen LogP contribution in [0.4, 0.5) is 4.79 Å². The predicted molar refractivity (Wildman–Crippen MR) is 473 cm³/mol. The highest BCUT2D eigenvalue weighted by Gasteiger charge is 2.47. The number of alkyl carbamates (subject to hydrolysis) is 1. The van der Waals surface area contributed by atoms with Crippen LogP contribution in [-0.4, -0.2) is 272 Å². The molecule has 3 fully saturated rings. The van der Waals surface area contributed by atoms with E-state index in [9.17, 15) is 116 Å². The first-order chi connectivity index (χ1) is 62.1. The highest BCUT2D eigenvalue weighted by Crippen LogP contribution is 2.31. The van der Waals surface area contributed by atoms with Crippen LogP contribution in [0.3, 0.4) is 0 Å². The van der Waals surface area contributed by atoms with Crippen LogP contribution in [0.2, 0.25) is 0 Å². The molecule has 2 aliphatic heterocycles. The molecule has 1 aromatic carbocycles. The molecule has 16 N–H and O–H groups in total. The van der Waals surface area contributed by atoms with Gasteiger partial charge in [0.15, 0.2) is 0 Å². The molecule has 0 spiro atoms. The lowest BCUT2D eigenvalue weighted by Crippen LogP contribution is -2.61. The minimum atomic E-state index is -1.53. The van der Waals surface area contributed by atoms with Crippen molar-refractivity contribution in [2.24, 2.45) is 23.7 Å². The highest BCUT2D eigenvalue weighted by molar-refractivity contribution is 6.39. The second kappa shape index (κ2) is 57.4. The minimum Gasteiger partial charge on any atom is -0.481 e. The van der Waals surface area contributed by atoms with Crippen molar-refractivity contribution >= 4 is 130 Å². The van der Waals surface area contributed by atoms with Crippen LogP contribution in [0.15, 0.2) is 55.6 Å². The van der Waals surface area contributed by atoms with Crippen molar-refractivity contribution in [2.45, 2.75) is 309 Å². The van der Waals surface area contributed by atoms with Gasteiger partial charge in [-0.25, -0.2) is 4.79 Å². The van der Waals surface area contributed by atoms with Crippen molar-refractivity contribution in [1.82, 2.24) is 78.9 Å². The van der Waals surface area contributed by atoms with Crippen LogP contribution in [0.25, 0.3) is 0 Å². The zero-order chi connectivity index (χ0) is 99.4. The minimum absolute atomic E-state index is 0.0216. The fourth-order valence-electron chi connectivity index (χ4n) is 14.7. The quantitative estimate of drug-likeness (QED) is 0.0186. The standard InChI is InChI=1S/C50H74N8O16.C39H61N7O12/c1-11-16-33(42(64)47(69)51-25-39(63)72-23-12-2)54-45(67)36-24-32(53-49(71)73-27-31-17-14-13-15-18-31)26-58(36)48(70)41(29(5)6)57-46(68)40(28(3)4)56-44(66)35(20-22-38(62)74-50(8,9)10)55-43(65)34(52-30(7)59)19-21-37(60)61;1-6-12-25(33(52)38(57)40-20-7-2)42-36(55)28-15-11-21-46(28)39(58)32(24-13-9-8-10-14-24)45-37(56)31(22(3)4)44-35(54)27(17-19-30(50)51)43-34(53)26(41-23(5)47)16-18-29(48)49/h12-15,17-18,28-29,32-36,40-41H,2,11,16,19-27H2,1,3-10H3,(H,51,69)(H,52,59)(H,53,71)(H,54,67)(H,55,65)(H,56,66)(H,57,68)(H,60,61);7,22,24-28,31-32H,2,6,8-21H2,1,3-5H3,(H,40,57)(H,41,47)(H,42,55)(H,43,53)(H,44,54)(H,45,56)(H,48,49)(H,50,51)/t32-,33?,34?,35?,36+,40?,41?;/m1./s1. The first kappa shape index (κ1) is 113. The number of hydrogen-bond acceptors (Lipinski definition) is 25. The summed E-state index contributed by atoms with van der Waals surface area (Å²) in [7, 11) is 0. The third kappa shape index (κ3) is 40.3. The van der Waals surface area contributed by atoms with E-state index in [-0.39, 0.29) is 83.7 Å². The molecule has 0 radical (unpaired) electrons. The zero-order valence-electron chi connectivity index (χ0n) is 77.6. The van der Waals surface area contributed by atoms with E-state index >= 15 is 0 Å². The molecule has 4 rings (SSSR count). The SMILES string of the molecule is C=CCNC(=O)C(=O)C(CCC)NC(=O)C1CCCN1C(=O)C(NC(=O)C(NC(=O)C(CCC(=O)O)NC(=O)C(CCC(=O)O)NC(C)=O)C(C)C)C1CCCCC1.C=CCOC(=O)CNC(=O)C(=O)C(CCC)NC(=O)[C@@H]1C[C@@H](NC(=O)OCc2ccccc2)CN1C(=O)C(NC(=O)C(NC(=O)C(CCC(=O)OC(C)(C)C)NC(=O)C(CCC(=O)O)NC(C)=O)C(C)C)C(C)C. The summed E-state index contributed by atoms with van der Waals surface area (Å²) < 4.78 is 15.6. The summed E-state index contributed by atoms with van der Waals surface area (Å²) in [6, 6.07) is -7.98. The molecule has 734 valence electrons. The molecule has 15 amide bonds. The topological polar surface area (TPSA) is 627 Å². The van der Waals surface area contributed by atoms with Crippen LogP contribution in [0.1, 0.15) is 224 Å². The molecule has 3 aliphatic rings. The van der Waals surface area contributed by atoms with Crippen molar-refractivity contribution in [1.29, 1.82) is 0 Å². The molecule has 43 nitrogen and oxygen atoms in total. The lowest BCUT2D eigenvalue weighted by molar-refractivity contribution is -0.155. The van der Waals surface area contributed by atoms with Gasteiger partial charge in [-0.2, -0.15) is 0 Å². The number of carboxylic acids is 3. The first-order valence-electron chi connectivity index (χ1n) is 44.5. The number of esters is 2. The number of carbonyl (C=O) groups is 22. The van der Waals surface area contributed by atoms with Crippen LogP contribution in [0, 0.1) is 23.7 Å². The third-order valence-corrected chi connectivity index (χ3v) is 21.4. The largest absolute Gasteiger partial charge is 0.481 e. The molecule has 13 atom stereocenters. The lowest BCUT2D eigenvalue weighted by atomic mass is 9.83. The Morgan fingerprint density at radius 3 is 1.36 bits per heavy atom. The van der Waals surface area contributed by atoms with Gasteiger partial charge < -0.3 is 108 Å². The molecule has 11 unspecified atom stereocenters. The number of ether oxygens (including phenoxy) is 3. The van der Waals surface area contributed by atoms with Gasteiger partial charge in [0, 0.05) is 59.2 Å². The van der Waals surface area contributed by atoms with Gasteiger partial charge in [0.05, 0.1) is 18.1 Å². The van der Waals surface area contributed by atoms with E-state index in [4.69, 9.17) is 19.3 Å². The maximum atomic E-state index is 14.7. The van der Waals surface area contributed by atoms with Gasteiger partial charge >= 0.3 is 35.9 Å². The maximum Gasteiger partial charge on any atom is 0.407 e. The molecule has 0 bridgehead atoms. The number of nitrogens with one attached hydrogen (secondary N) is 13. The van der Waals surface area contributed by atoms with Gasteiger partial charge in [0.1, 0.15) is 85.8 Å². The van der Waals surface area contributed by atoms with Gasteiger partial charge in [-0.3, -0.25) is 101 Å². The number of likely N-dealkylation sites (tertiary alicyclic amines) is 2. The van der Waals surface area contributed by atoms with Crippen molar-refractivity contribution in [3.63, 3.8) is 0 Å². The second-order valence-electron chi connectivity index (χ2n) is 34.5. The van der Waals surface area contributed by atoms with Crippen molar-refractivity contribution in [3.8, 4) is 0 Å². The molecule has 1 aromatic rings. The molecule has 0 aromatic heterocycles. The number of benzene rings is 1. The smallest absolute Gasteiger partial charge is 0.407 e. The Morgan fingerprint density at radius 2 is 0.917 bits per heavy atom. The Labute approximate surface area is 767 Å². The number of carboxylic acid groups (broad SMARTS) is 3. The first-order valence-corrected chi connectivity index (χ1v) is 44.5. The van der Waals surface area contributed by atoms with Gasteiger partial charge in [-0.05, 0) is 121 Å². The summed E-state index contributed by atoms with van der Waals surface area (Å²) in [6.45, 7) is 26.3. The lowest BCUT2D eigenvalue weighted by Gasteiger charge is -2.36. The average Bonchev–Trinajstić information content (AvgIpc) is 1.62. The Bertz CT molecular complexity index is 4220. The molecule has 2 saturated heterocycles. The molecular formula is C89H135N15O28. The summed E-state index contributed by atoms with van der Waals surface area (Å²) in [5.74, 6) is -21.0. The zero-order valence-corrected chi connectivity index (χ0v) is 77.6. The summed E-state index contributed by atoms with van der Waals surface area (Å²) in [6.07, 6.45) is 3.72. The van der Waals surface area contributed by atoms with Crippen LogP contribution in [-0.2, 0) is 122 Å². The summed E-state index contributed by atoms with van der Waals surface area (Å²) >= 11 is 0. The predicted octanol–water partition coefficient (Wildman–Crippen LogP) is 0.898. The Kier molecular flexibility index (Phi) is 49.3. The normalized spacial score (nSPS) is 17.0. The number of nitrogens with zero attached hydrogens (tertiary/aromatic N) is 2. The van der Waals surface area contributed by atoms with Gasteiger partial charge in [-0.15, -0.1) is 6.58 Å². The molecule has 2 heterocycles. The van der Waals surface area contributed by atoms with E-state index in [1.54, 1.807) is 106 Å². The fourth-order valence-corrected chi connectivity index (χ4v) is 14.7. The molecule has 132 heavy (non-hydrogen) atoms. The van der Waals surface area contributed by atoms with E-state index in [2.05, 4.69) is 82.3 Å². The Morgan fingerprint density at radius 1 is 0.470 bits per heavy atom. The fraction of sp³-hybridized carbons (Fsp3) is 0.640. The number of aliphatic carboxylic acids is 3. The maximum absolute atomic E-state index is 14.7.